The van der Waals surface area contributed by atoms with Crippen molar-refractivity contribution in [1.82, 2.24) is 15.2 Å². The molecule has 0 aliphatic carbocycles. The van der Waals surface area contributed by atoms with Gasteiger partial charge in [-0.1, -0.05) is 17.8 Å². The Kier molecular flexibility index (Phi) is 3.14. The van der Waals surface area contributed by atoms with Gasteiger partial charge in [-0.15, -0.1) is 10.2 Å². The molecule has 0 spiro atoms. The number of nitrogen functional groups attached to an aromatic ring is 1. The van der Waals surface area contributed by atoms with Gasteiger partial charge in [0, 0.05) is 11.9 Å². The van der Waals surface area contributed by atoms with E-state index in [9.17, 15) is 0 Å². The molecule has 4 nitrogen and oxygen atoms in total. The van der Waals surface area contributed by atoms with Crippen LogP contribution in [0.4, 0.5) is 5.82 Å². The monoisotopic (exact) mass is 218 g/mol. The molecule has 2 heterocycles. The summed E-state index contributed by atoms with van der Waals surface area (Å²) in [4.78, 5) is 4.22. The van der Waals surface area contributed by atoms with Crippen molar-refractivity contribution in [3.8, 4) is 0 Å². The standard InChI is InChI=1S/C10H10N4S/c11-9-4-5-10(14-13-9)15-7-8-3-1-2-6-12-8/h1-6H,7H2,(H2,11,13). The Labute approximate surface area is 91.9 Å². The van der Waals surface area contributed by atoms with E-state index in [4.69, 9.17) is 5.73 Å². The van der Waals surface area contributed by atoms with Crippen LogP contribution in [0.1, 0.15) is 5.69 Å². The van der Waals surface area contributed by atoms with Crippen LogP contribution in [-0.4, -0.2) is 15.2 Å². The second-order valence-electron chi connectivity index (χ2n) is 2.91. The lowest BCUT2D eigenvalue weighted by Gasteiger charge is -1.99. The van der Waals surface area contributed by atoms with E-state index >= 15 is 0 Å². The average Bonchev–Trinajstić information content (AvgIpc) is 2.30. The molecular formula is C10H10N4S. The van der Waals surface area contributed by atoms with Gasteiger partial charge in [0.1, 0.15) is 10.8 Å². The highest BCUT2D eigenvalue weighted by atomic mass is 32.2. The van der Waals surface area contributed by atoms with E-state index < -0.39 is 0 Å². The summed E-state index contributed by atoms with van der Waals surface area (Å²) in [6, 6.07) is 9.45. The van der Waals surface area contributed by atoms with Gasteiger partial charge in [-0.2, -0.15) is 0 Å². The average molecular weight is 218 g/mol. The third-order valence-electron chi connectivity index (χ3n) is 1.75. The number of hydrogen-bond acceptors (Lipinski definition) is 5. The maximum absolute atomic E-state index is 5.44. The predicted octanol–water partition coefficient (Wildman–Crippen LogP) is 1.75. The molecule has 2 rings (SSSR count). The number of nitrogens with zero attached hydrogens (tertiary/aromatic N) is 3. The summed E-state index contributed by atoms with van der Waals surface area (Å²) in [5, 5.41) is 8.59. The van der Waals surface area contributed by atoms with Crippen LogP contribution in [-0.2, 0) is 5.75 Å². The fourth-order valence-electron chi connectivity index (χ4n) is 1.04. The maximum Gasteiger partial charge on any atom is 0.146 e. The number of aromatic nitrogens is 3. The van der Waals surface area contributed by atoms with Crippen LogP contribution >= 0.6 is 11.8 Å². The Bertz CT molecular complexity index is 415. The quantitative estimate of drug-likeness (QED) is 0.795. The molecule has 0 bridgehead atoms. The minimum atomic E-state index is 0.442. The van der Waals surface area contributed by atoms with Crippen LogP contribution < -0.4 is 5.73 Å². The Morgan fingerprint density at radius 2 is 2.07 bits per heavy atom. The fraction of sp³-hybridized carbons (Fsp3) is 0.100. The topological polar surface area (TPSA) is 64.7 Å². The molecule has 0 saturated heterocycles. The summed E-state index contributed by atoms with van der Waals surface area (Å²) in [5.74, 6) is 1.23. The van der Waals surface area contributed by atoms with Crippen LogP contribution in [0.15, 0.2) is 41.6 Å². The zero-order chi connectivity index (χ0) is 10.5. The van der Waals surface area contributed by atoms with Crippen molar-refractivity contribution in [3.63, 3.8) is 0 Å². The highest BCUT2D eigenvalue weighted by Gasteiger charge is 1.98. The number of rotatable bonds is 3. The second kappa shape index (κ2) is 4.75. The van der Waals surface area contributed by atoms with Crippen molar-refractivity contribution in [3.05, 3.63) is 42.2 Å². The largest absolute Gasteiger partial charge is 0.382 e. The summed E-state index contributed by atoms with van der Waals surface area (Å²) < 4.78 is 0. The van der Waals surface area contributed by atoms with E-state index in [-0.39, 0.29) is 0 Å². The van der Waals surface area contributed by atoms with Crippen molar-refractivity contribution in [2.24, 2.45) is 0 Å². The first-order chi connectivity index (χ1) is 7.34. The normalized spacial score (nSPS) is 10.1. The first-order valence-corrected chi connectivity index (χ1v) is 5.45. The second-order valence-corrected chi connectivity index (χ2v) is 3.90. The van der Waals surface area contributed by atoms with Gasteiger partial charge >= 0.3 is 0 Å². The van der Waals surface area contributed by atoms with E-state index in [2.05, 4.69) is 15.2 Å². The molecule has 0 aliphatic heterocycles. The molecule has 0 aliphatic rings. The molecule has 0 fully saturated rings. The van der Waals surface area contributed by atoms with Crippen molar-refractivity contribution >= 4 is 17.6 Å². The molecule has 2 aromatic heterocycles. The molecule has 0 radical (unpaired) electrons. The Balaban J connectivity index is 1.96. The molecule has 2 aromatic rings. The summed E-state index contributed by atoms with van der Waals surface area (Å²) >= 11 is 1.59. The number of pyridine rings is 1. The Morgan fingerprint density at radius 1 is 1.13 bits per heavy atom. The minimum absolute atomic E-state index is 0.442. The summed E-state index contributed by atoms with van der Waals surface area (Å²) in [7, 11) is 0. The highest BCUT2D eigenvalue weighted by Crippen LogP contribution is 2.18. The Hall–Kier alpha value is -1.62. The summed E-state index contributed by atoms with van der Waals surface area (Å²) in [5.41, 5.74) is 6.47. The van der Waals surface area contributed by atoms with Gasteiger partial charge < -0.3 is 5.73 Å². The first-order valence-electron chi connectivity index (χ1n) is 4.46. The van der Waals surface area contributed by atoms with Gasteiger partial charge in [-0.05, 0) is 24.3 Å². The lowest BCUT2D eigenvalue weighted by molar-refractivity contribution is 0.937. The van der Waals surface area contributed by atoms with Crippen LogP contribution in [0.3, 0.4) is 0 Å². The molecule has 0 saturated carbocycles. The molecule has 0 atom stereocenters. The van der Waals surface area contributed by atoms with Gasteiger partial charge in [0.05, 0.1) is 5.69 Å². The third kappa shape index (κ3) is 2.92. The first kappa shape index (κ1) is 9.92. The predicted molar refractivity (Wildman–Crippen MR) is 60.2 cm³/mol. The van der Waals surface area contributed by atoms with E-state index in [1.807, 2.05) is 24.3 Å². The van der Waals surface area contributed by atoms with Gasteiger partial charge in [-0.3, -0.25) is 4.98 Å². The molecule has 15 heavy (non-hydrogen) atoms. The highest BCUT2D eigenvalue weighted by molar-refractivity contribution is 7.98. The van der Waals surface area contributed by atoms with Crippen molar-refractivity contribution in [1.29, 1.82) is 0 Å². The molecule has 0 aromatic carbocycles. The van der Waals surface area contributed by atoms with Crippen LogP contribution in [0.25, 0.3) is 0 Å². The lowest BCUT2D eigenvalue weighted by Crippen LogP contribution is -1.93. The maximum atomic E-state index is 5.44. The van der Waals surface area contributed by atoms with Gasteiger partial charge in [-0.25, -0.2) is 0 Å². The third-order valence-corrected chi connectivity index (χ3v) is 2.71. The van der Waals surface area contributed by atoms with E-state index in [1.165, 1.54) is 0 Å². The van der Waals surface area contributed by atoms with Crippen LogP contribution in [0.5, 0.6) is 0 Å². The minimum Gasteiger partial charge on any atom is -0.382 e. The number of thioether (sulfide) groups is 1. The van der Waals surface area contributed by atoms with Crippen LogP contribution in [0, 0.1) is 0 Å². The molecule has 76 valence electrons. The zero-order valence-electron chi connectivity index (χ0n) is 8.00. The molecular weight excluding hydrogens is 208 g/mol. The zero-order valence-corrected chi connectivity index (χ0v) is 8.81. The Morgan fingerprint density at radius 3 is 2.73 bits per heavy atom. The van der Waals surface area contributed by atoms with Crippen molar-refractivity contribution in [2.45, 2.75) is 10.8 Å². The number of hydrogen-bond donors (Lipinski definition) is 1. The fourth-order valence-corrected chi connectivity index (χ4v) is 1.77. The smallest absolute Gasteiger partial charge is 0.146 e. The number of anilines is 1. The van der Waals surface area contributed by atoms with Gasteiger partial charge in [0.2, 0.25) is 0 Å². The van der Waals surface area contributed by atoms with E-state index in [0.29, 0.717) is 5.82 Å². The molecule has 0 amide bonds. The van der Waals surface area contributed by atoms with Crippen LogP contribution in [0.2, 0.25) is 0 Å². The SMILES string of the molecule is Nc1ccc(SCc2ccccn2)nn1. The van der Waals surface area contributed by atoms with Crippen molar-refractivity contribution < 1.29 is 0 Å². The molecule has 5 heteroatoms. The molecule has 2 N–H and O–H groups in total. The van der Waals surface area contributed by atoms with E-state index in [0.717, 1.165) is 16.5 Å². The summed E-state index contributed by atoms with van der Waals surface area (Å²) in [6.07, 6.45) is 1.78. The lowest BCUT2D eigenvalue weighted by atomic mass is 10.4. The summed E-state index contributed by atoms with van der Waals surface area (Å²) in [6.45, 7) is 0. The van der Waals surface area contributed by atoms with Gasteiger partial charge in [0.15, 0.2) is 0 Å². The number of nitrogens with two attached hydrogens (primary N) is 1. The van der Waals surface area contributed by atoms with Crippen molar-refractivity contribution in [2.75, 3.05) is 5.73 Å². The molecule has 0 unspecified atom stereocenters. The van der Waals surface area contributed by atoms with E-state index in [1.54, 1.807) is 24.0 Å². The van der Waals surface area contributed by atoms with Gasteiger partial charge in [0.25, 0.3) is 0 Å².